The zero-order chi connectivity index (χ0) is 11.4. The number of hydrogen-bond donors (Lipinski definition) is 1. The van der Waals surface area contributed by atoms with Crippen LogP contribution in [0.1, 0.15) is 12.0 Å². The van der Waals surface area contributed by atoms with Crippen molar-refractivity contribution in [2.75, 3.05) is 19.8 Å². The molecule has 0 bridgehead atoms. The first-order valence-corrected chi connectivity index (χ1v) is 6.27. The second-order valence-electron chi connectivity index (χ2n) is 3.98. The monoisotopic (exact) mass is 259 g/mol. The lowest BCUT2D eigenvalue weighted by molar-refractivity contribution is 0.0743. The van der Waals surface area contributed by atoms with E-state index in [4.69, 9.17) is 27.9 Å². The first-order chi connectivity index (χ1) is 7.77. The molecule has 0 aromatic heterocycles. The maximum absolute atomic E-state index is 6.13. The van der Waals surface area contributed by atoms with Crippen LogP contribution >= 0.6 is 23.2 Å². The van der Waals surface area contributed by atoms with Gasteiger partial charge in [0, 0.05) is 12.6 Å². The third-order valence-electron chi connectivity index (χ3n) is 2.79. The van der Waals surface area contributed by atoms with Crippen molar-refractivity contribution in [2.45, 2.75) is 18.9 Å². The van der Waals surface area contributed by atoms with Crippen molar-refractivity contribution in [3.8, 4) is 0 Å². The van der Waals surface area contributed by atoms with Crippen LogP contribution in [-0.2, 0) is 11.2 Å². The summed E-state index contributed by atoms with van der Waals surface area (Å²) in [6.45, 7) is 2.54. The lowest BCUT2D eigenvalue weighted by Crippen LogP contribution is -2.41. The summed E-state index contributed by atoms with van der Waals surface area (Å²) in [7, 11) is 0. The van der Waals surface area contributed by atoms with Crippen LogP contribution in [0.25, 0.3) is 0 Å². The van der Waals surface area contributed by atoms with E-state index in [-0.39, 0.29) is 0 Å². The third-order valence-corrected chi connectivity index (χ3v) is 3.65. The summed E-state index contributed by atoms with van der Waals surface area (Å²) >= 11 is 12.1. The highest BCUT2D eigenvalue weighted by molar-refractivity contribution is 6.42. The van der Waals surface area contributed by atoms with Crippen LogP contribution in [0.5, 0.6) is 0 Å². The number of ether oxygens (including phenoxy) is 1. The Bertz CT molecular complexity index is 351. The van der Waals surface area contributed by atoms with E-state index in [9.17, 15) is 0 Å². The lowest BCUT2D eigenvalue weighted by atomic mass is 10.1. The van der Waals surface area contributed by atoms with Gasteiger partial charge < -0.3 is 10.1 Å². The number of nitrogens with one attached hydrogen (secondary N) is 1. The van der Waals surface area contributed by atoms with E-state index in [1.54, 1.807) is 0 Å². The zero-order valence-electron chi connectivity index (χ0n) is 9.01. The molecule has 1 atom stereocenters. The molecule has 1 aliphatic rings. The van der Waals surface area contributed by atoms with Crippen LogP contribution in [0.3, 0.4) is 0 Å². The zero-order valence-corrected chi connectivity index (χ0v) is 10.5. The van der Waals surface area contributed by atoms with E-state index in [0.29, 0.717) is 16.1 Å². The Balaban J connectivity index is 1.91. The predicted molar refractivity (Wildman–Crippen MR) is 67.4 cm³/mol. The van der Waals surface area contributed by atoms with Crippen molar-refractivity contribution in [1.29, 1.82) is 0 Å². The molecule has 0 radical (unpaired) electrons. The minimum absolute atomic E-state index is 0.434. The summed E-state index contributed by atoms with van der Waals surface area (Å²) in [5.41, 5.74) is 1.11. The summed E-state index contributed by atoms with van der Waals surface area (Å²) in [6.07, 6.45) is 1.96. The van der Waals surface area contributed by atoms with Gasteiger partial charge in [0.05, 0.1) is 23.3 Å². The molecule has 1 aliphatic heterocycles. The van der Waals surface area contributed by atoms with Crippen LogP contribution in [0.15, 0.2) is 18.2 Å². The smallest absolute Gasteiger partial charge is 0.0624 e. The Morgan fingerprint density at radius 3 is 3.00 bits per heavy atom. The second-order valence-corrected chi connectivity index (χ2v) is 4.76. The molecule has 1 unspecified atom stereocenters. The van der Waals surface area contributed by atoms with E-state index in [0.717, 1.165) is 38.2 Å². The van der Waals surface area contributed by atoms with Crippen LogP contribution in [0.4, 0.5) is 0 Å². The Hall–Kier alpha value is -0.280. The number of benzene rings is 1. The normalized spacial score (nSPS) is 21.0. The van der Waals surface area contributed by atoms with E-state index in [1.165, 1.54) is 0 Å². The molecule has 4 heteroatoms. The van der Waals surface area contributed by atoms with Gasteiger partial charge in [-0.1, -0.05) is 35.3 Å². The maximum atomic E-state index is 6.13. The molecule has 0 spiro atoms. The minimum atomic E-state index is 0.434. The third kappa shape index (κ3) is 3.11. The van der Waals surface area contributed by atoms with Crippen molar-refractivity contribution < 1.29 is 4.74 Å². The second kappa shape index (κ2) is 5.87. The molecule has 1 heterocycles. The van der Waals surface area contributed by atoms with Gasteiger partial charge in [-0.2, -0.15) is 0 Å². The van der Waals surface area contributed by atoms with Gasteiger partial charge in [0.1, 0.15) is 0 Å². The van der Waals surface area contributed by atoms with Crippen molar-refractivity contribution in [3.63, 3.8) is 0 Å². The molecule has 88 valence electrons. The topological polar surface area (TPSA) is 21.3 Å². The molecule has 1 N–H and O–H groups in total. The highest BCUT2D eigenvalue weighted by Gasteiger charge is 2.13. The highest BCUT2D eigenvalue weighted by Crippen LogP contribution is 2.26. The minimum Gasteiger partial charge on any atom is -0.379 e. The molecule has 1 saturated heterocycles. The number of hydrogen-bond acceptors (Lipinski definition) is 2. The van der Waals surface area contributed by atoms with Gasteiger partial charge >= 0.3 is 0 Å². The summed E-state index contributed by atoms with van der Waals surface area (Å²) in [5.74, 6) is 0. The van der Waals surface area contributed by atoms with Crippen LogP contribution in [0.2, 0.25) is 10.0 Å². The van der Waals surface area contributed by atoms with Gasteiger partial charge in [0.25, 0.3) is 0 Å². The standard InChI is InChI=1S/C12H15Cl2NO/c13-11-3-1-2-9(12(11)14)4-5-10-8-16-7-6-15-10/h1-3,10,15H,4-8H2. The van der Waals surface area contributed by atoms with Crippen molar-refractivity contribution >= 4 is 23.2 Å². The van der Waals surface area contributed by atoms with E-state index < -0.39 is 0 Å². The molecule has 2 nitrogen and oxygen atoms in total. The van der Waals surface area contributed by atoms with Crippen molar-refractivity contribution in [2.24, 2.45) is 0 Å². The van der Waals surface area contributed by atoms with Gasteiger partial charge in [0.2, 0.25) is 0 Å². The predicted octanol–water partition coefficient (Wildman–Crippen LogP) is 2.91. The summed E-state index contributed by atoms with van der Waals surface area (Å²) in [4.78, 5) is 0. The Morgan fingerprint density at radius 2 is 2.25 bits per heavy atom. The SMILES string of the molecule is Clc1cccc(CCC2COCCN2)c1Cl. The lowest BCUT2D eigenvalue weighted by Gasteiger charge is -2.23. The fraction of sp³-hybridized carbons (Fsp3) is 0.500. The molecule has 2 rings (SSSR count). The molecule has 0 amide bonds. The van der Waals surface area contributed by atoms with Crippen LogP contribution in [0, 0.1) is 0 Å². The number of aryl methyl sites for hydroxylation is 1. The number of halogens is 2. The van der Waals surface area contributed by atoms with Gasteiger partial charge in [-0.05, 0) is 24.5 Å². The average Bonchev–Trinajstić information content (AvgIpc) is 2.32. The number of rotatable bonds is 3. The summed E-state index contributed by atoms with van der Waals surface area (Å²) in [5, 5.41) is 4.74. The maximum Gasteiger partial charge on any atom is 0.0624 e. The highest BCUT2D eigenvalue weighted by atomic mass is 35.5. The van der Waals surface area contributed by atoms with E-state index >= 15 is 0 Å². The molecular formula is C12H15Cl2NO. The van der Waals surface area contributed by atoms with Gasteiger partial charge in [-0.3, -0.25) is 0 Å². The molecule has 0 saturated carbocycles. The van der Waals surface area contributed by atoms with Crippen molar-refractivity contribution in [3.05, 3.63) is 33.8 Å². The summed E-state index contributed by atoms with van der Waals surface area (Å²) in [6, 6.07) is 6.21. The van der Waals surface area contributed by atoms with Crippen molar-refractivity contribution in [1.82, 2.24) is 5.32 Å². The quantitative estimate of drug-likeness (QED) is 0.902. The average molecular weight is 260 g/mol. The Labute approximate surface area is 106 Å². The van der Waals surface area contributed by atoms with Crippen LogP contribution < -0.4 is 5.32 Å². The van der Waals surface area contributed by atoms with E-state index in [1.807, 2.05) is 18.2 Å². The van der Waals surface area contributed by atoms with Gasteiger partial charge in [-0.25, -0.2) is 0 Å². The molecule has 1 aromatic carbocycles. The van der Waals surface area contributed by atoms with Crippen LogP contribution in [-0.4, -0.2) is 25.8 Å². The largest absolute Gasteiger partial charge is 0.379 e. The molecular weight excluding hydrogens is 245 g/mol. The molecule has 1 aromatic rings. The Kier molecular flexibility index (Phi) is 4.47. The van der Waals surface area contributed by atoms with E-state index in [2.05, 4.69) is 5.32 Å². The molecule has 1 fully saturated rings. The number of morpholine rings is 1. The molecule has 0 aliphatic carbocycles. The first kappa shape index (κ1) is 12.2. The Morgan fingerprint density at radius 1 is 1.38 bits per heavy atom. The fourth-order valence-electron chi connectivity index (χ4n) is 1.88. The summed E-state index contributed by atoms with van der Waals surface area (Å²) < 4.78 is 5.40. The molecule has 16 heavy (non-hydrogen) atoms. The fourth-order valence-corrected chi connectivity index (χ4v) is 2.29. The van der Waals surface area contributed by atoms with Gasteiger partial charge in [0.15, 0.2) is 0 Å². The van der Waals surface area contributed by atoms with Gasteiger partial charge in [-0.15, -0.1) is 0 Å². The first-order valence-electron chi connectivity index (χ1n) is 5.51.